The number of esters is 1. The van der Waals surface area contributed by atoms with Crippen molar-refractivity contribution in [2.24, 2.45) is 0 Å². The number of phenolic OH excluding ortho intramolecular Hbond substituents is 1. The number of carbonyl (C=O) groups is 1. The number of fused-ring (bicyclic) bond motifs is 1. The van der Waals surface area contributed by atoms with E-state index in [2.05, 4.69) is 9.97 Å². The molecule has 0 aliphatic carbocycles. The lowest BCUT2D eigenvalue weighted by molar-refractivity contribution is 0.0466. The summed E-state index contributed by atoms with van der Waals surface area (Å²) in [6, 6.07) is 4.36. The van der Waals surface area contributed by atoms with E-state index in [9.17, 15) is 14.7 Å². The smallest absolute Gasteiger partial charge is 0.358 e. The van der Waals surface area contributed by atoms with E-state index in [1.165, 1.54) is 24.5 Å². The van der Waals surface area contributed by atoms with Gasteiger partial charge in [-0.3, -0.25) is 4.98 Å². The number of ether oxygens (including phenoxy) is 1. The molecule has 0 amide bonds. The molecule has 0 fully saturated rings. The maximum absolute atomic E-state index is 12.0. The Kier molecular flexibility index (Phi) is 3.99. The number of benzene rings is 1. The number of hydrogen-bond acceptors (Lipinski definition) is 7. The molecule has 0 saturated carbocycles. The molecule has 0 unspecified atom stereocenters. The van der Waals surface area contributed by atoms with Crippen LogP contribution in [-0.4, -0.2) is 21.0 Å². The molecule has 1 N–H and O–H groups in total. The summed E-state index contributed by atoms with van der Waals surface area (Å²) in [4.78, 5) is 31.6. The summed E-state index contributed by atoms with van der Waals surface area (Å²) in [6.07, 6.45) is 2.80. The number of aryl methyl sites for hydroxylation is 2. The lowest BCUT2D eigenvalue weighted by Gasteiger charge is -2.09. The predicted molar refractivity (Wildman–Crippen MR) is 84.8 cm³/mol. The third-order valence-electron chi connectivity index (χ3n) is 3.57. The summed E-state index contributed by atoms with van der Waals surface area (Å²) in [5, 5.41) is 10.3. The van der Waals surface area contributed by atoms with Gasteiger partial charge in [-0.25, -0.2) is 14.6 Å². The van der Waals surface area contributed by atoms with E-state index in [4.69, 9.17) is 9.15 Å². The van der Waals surface area contributed by atoms with Crippen LogP contribution in [0.4, 0.5) is 0 Å². The highest BCUT2D eigenvalue weighted by Gasteiger charge is 2.14. The highest BCUT2D eigenvalue weighted by Crippen LogP contribution is 2.27. The number of aromatic nitrogens is 2. The third-order valence-corrected chi connectivity index (χ3v) is 3.57. The Balaban J connectivity index is 1.90. The molecule has 2 heterocycles. The average Bonchev–Trinajstić information content (AvgIpc) is 2.56. The fraction of sp³-hybridized carbons (Fsp3) is 0.176. The second-order valence-corrected chi connectivity index (χ2v) is 5.30. The minimum atomic E-state index is -0.639. The molecule has 24 heavy (non-hydrogen) atoms. The SMILES string of the molecule is Cc1cnc(C(=O)OCc2cc(=O)oc3c(C)c(O)ccc23)cn1. The van der Waals surface area contributed by atoms with E-state index in [0.717, 1.165) is 0 Å². The maximum atomic E-state index is 12.0. The van der Waals surface area contributed by atoms with E-state index in [1.54, 1.807) is 19.9 Å². The Bertz CT molecular complexity index is 977. The summed E-state index contributed by atoms with van der Waals surface area (Å²) in [5.41, 5.74) is 1.39. The summed E-state index contributed by atoms with van der Waals surface area (Å²) in [7, 11) is 0. The summed E-state index contributed by atoms with van der Waals surface area (Å²) in [5.74, 6) is -0.617. The third kappa shape index (κ3) is 2.96. The fourth-order valence-corrected chi connectivity index (χ4v) is 2.25. The lowest BCUT2D eigenvalue weighted by atomic mass is 10.1. The quantitative estimate of drug-likeness (QED) is 0.581. The molecule has 0 aliphatic rings. The van der Waals surface area contributed by atoms with Gasteiger partial charge in [0.05, 0.1) is 11.9 Å². The normalized spacial score (nSPS) is 10.8. The second kappa shape index (κ2) is 6.11. The van der Waals surface area contributed by atoms with Crippen LogP contribution in [0.3, 0.4) is 0 Å². The van der Waals surface area contributed by atoms with Crippen LogP contribution in [0.2, 0.25) is 0 Å². The highest BCUT2D eigenvalue weighted by atomic mass is 16.5. The Morgan fingerprint density at radius 2 is 2.04 bits per heavy atom. The van der Waals surface area contributed by atoms with Gasteiger partial charge in [0.15, 0.2) is 5.69 Å². The largest absolute Gasteiger partial charge is 0.508 e. The minimum Gasteiger partial charge on any atom is -0.508 e. The zero-order valence-electron chi connectivity index (χ0n) is 13.1. The first-order valence-electron chi connectivity index (χ1n) is 7.17. The topological polar surface area (TPSA) is 103 Å². The van der Waals surface area contributed by atoms with Crippen LogP contribution in [0.1, 0.15) is 27.3 Å². The first-order valence-corrected chi connectivity index (χ1v) is 7.17. The van der Waals surface area contributed by atoms with Gasteiger partial charge in [0.1, 0.15) is 17.9 Å². The highest BCUT2D eigenvalue weighted by molar-refractivity contribution is 5.88. The summed E-state index contributed by atoms with van der Waals surface area (Å²) in [6.45, 7) is 3.27. The molecular weight excluding hydrogens is 312 g/mol. The van der Waals surface area contributed by atoms with E-state index < -0.39 is 11.6 Å². The van der Waals surface area contributed by atoms with Gasteiger partial charge in [-0.2, -0.15) is 0 Å². The van der Waals surface area contributed by atoms with Crippen LogP contribution >= 0.6 is 0 Å². The van der Waals surface area contributed by atoms with E-state index in [-0.39, 0.29) is 23.6 Å². The molecule has 0 saturated heterocycles. The molecule has 3 aromatic rings. The van der Waals surface area contributed by atoms with Crippen LogP contribution in [0.25, 0.3) is 11.0 Å². The van der Waals surface area contributed by atoms with Crippen molar-refractivity contribution in [2.75, 3.05) is 0 Å². The van der Waals surface area contributed by atoms with Crippen LogP contribution in [0.5, 0.6) is 5.75 Å². The first-order chi connectivity index (χ1) is 11.5. The zero-order valence-corrected chi connectivity index (χ0v) is 13.1. The van der Waals surface area contributed by atoms with Crippen molar-refractivity contribution >= 4 is 16.9 Å². The van der Waals surface area contributed by atoms with Gasteiger partial charge >= 0.3 is 11.6 Å². The van der Waals surface area contributed by atoms with Crippen molar-refractivity contribution in [3.8, 4) is 5.75 Å². The number of phenols is 1. The molecule has 0 radical (unpaired) electrons. The van der Waals surface area contributed by atoms with Crippen LogP contribution in [0, 0.1) is 13.8 Å². The Morgan fingerprint density at radius 1 is 1.25 bits per heavy atom. The lowest BCUT2D eigenvalue weighted by Crippen LogP contribution is -2.10. The molecule has 0 spiro atoms. The molecular formula is C17H14N2O5. The average molecular weight is 326 g/mol. The molecule has 1 aromatic carbocycles. The van der Waals surface area contributed by atoms with Crippen molar-refractivity contribution in [3.63, 3.8) is 0 Å². The molecule has 3 rings (SSSR count). The second-order valence-electron chi connectivity index (χ2n) is 5.30. The van der Waals surface area contributed by atoms with Gasteiger partial charge in [0.2, 0.25) is 0 Å². The summed E-state index contributed by atoms with van der Waals surface area (Å²) >= 11 is 0. The van der Waals surface area contributed by atoms with Crippen molar-refractivity contribution in [2.45, 2.75) is 20.5 Å². The fourth-order valence-electron chi connectivity index (χ4n) is 2.25. The molecule has 2 aromatic heterocycles. The monoisotopic (exact) mass is 326 g/mol. The zero-order chi connectivity index (χ0) is 17.3. The van der Waals surface area contributed by atoms with E-state index >= 15 is 0 Å². The Morgan fingerprint density at radius 3 is 2.75 bits per heavy atom. The first kappa shape index (κ1) is 15.7. The summed E-state index contributed by atoms with van der Waals surface area (Å²) < 4.78 is 10.3. The molecule has 0 aliphatic heterocycles. The number of carbonyl (C=O) groups excluding carboxylic acids is 1. The van der Waals surface area contributed by atoms with Crippen LogP contribution in [-0.2, 0) is 11.3 Å². The van der Waals surface area contributed by atoms with Crippen molar-refractivity contribution in [1.29, 1.82) is 0 Å². The maximum Gasteiger partial charge on any atom is 0.358 e. The van der Waals surface area contributed by atoms with Gasteiger partial charge in [-0.05, 0) is 26.0 Å². The van der Waals surface area contributed by atoms with Gasteiger partial charge in [0.25, 0.3) is 0 Å². The molecule has 7 nitrogen and oxygen atoms in total. The van der Waals surface area contributed by atoms with Crippen molar-refractivity contribution in [1.82, 2.24) is 9.97 Å². The molecule has 0 bridgehead atoms. The number of rotatable bonds is 3. The predicted octanol–water partition coefficient (Wildman–Crippen LogP) is 2.26. The number of hydrogen-bond donors (Lipinski definition) is 1. The molecule has 0 atom stereocenters. The van der Waals surface area contributed by atoms with E-state index in [1.807, 2.05) is 0 Å². The van der Waals surface area contributed by atoms with Crippen LogP contribution < -0.4 is 5.63 Å². The van der Waals surface area contributed by atoms with Gasteiger partial charge in [0, 0.05) is 28.8 Å². The van der Waals surface area contributed by atoms with Gasteiger partial charge in [-0.15, -0.1) is 0 Å². The Hall–Kier alpha value is -3.22. The van der Waals surface area contributed by atoms with Crippen molar-refractivity contribution in [3.05, 3.63) is 63.5 Å². The molecule has 7 heteroatoms. The van der Waals surface area contributed by atoms with Gasteiger partial charge in [-0.1, -0.05) is 0 Å². The minimum absolute atomic E-state index is 0.0229. The molecule has 122 valence electrons. The standard InChI is InChI=1S/C17H14N2O5/c1-9-6-19-13(7-18-9)17(22)23-8-11-5-15(21)24-16-10(2)14(20)4-3-12(11)16/h3-7,20H,8H2,1-2H3. The van der Waals surface area contributed by atoms with Crippen LogP contribution in [0.15, 0.2) is 39.8 Å². The van der Waals surface area contributed by atoms with Crippen molar-refractivity contribution < 1.29 is 19.1 Å². The van der Waals surface area contributed by atoms with Gasteiger partial charge < -0.3 is 14.3 Å². The number of nitrogens with zero attached hydrogens (tertiary/aromatic N) is 2. The van der Waals surface area contributed by atoms with E-state index in [0.29, 0.717) is 22.2 Å². The number of aromatic hydroxyl groups is 1. The Labute approximate surface area is 136 Å².